The van der Waals surface area contributed by atoms with Gasteiger partial charge in [0.15, 0.2) is 0 Å². The number of H-pyrrole nitrogens is 1. The second kappa shape index (κ2) is 6.24. The maximum atomic E-state index is 12.5. The van der Waals surface area contributed by atoms with E-state index < -0.39 is 4.92 Å². The van der Waals surface area contributed by atoms with Crippen molar-refractivity contribution in [1.82, 2.24) is 15.1 Å². The highest BCUT2D eigenvalue weighted by Crippen LogP contribution is 2.38. The van der Waals surface area contributed by atoms with Gasteiger partial charge in [-0.05, 0) is 24.7 Å². The summed E-state index contributed by atoms with van der Waals surface area (Å²) in [6, 6.07) is 0. The number of hydrogen-bond acceptors (Lipinski definition) is 4. The van der Waals surface area contributed by atoms with Crippen molar-refractivity contribution in [1.29, 1.82) is 0 Å². The molecule has 0 atom stereocenters. The van der Waals surface area contributed by atoms with Crippen LogP contribution in [-0.4, -0.2) is 39.0 Å². The Labute approximate surface area is 123 Å². The Morgan fingerprint density at radius 1 is 1.43 bits per heavy atom. The van der Waals surface area contributed by atoms with Crippen LogP contribution in [0.5, 0.6) is 0 Å². The molecule has 0 spiro atoms. The topological polar surface area (TPSA) is 92.1 Å². The van der Waals surface area contributed by atoms with Crippen LogP contribution >= 0.6 is 0 Å². The van der Waals surface area contributed by atoms with E-state index in [0.29, 0.717) is 18.5 Å². The molecular weight excluding hydrogens is 272 g/mol. The summed E-state index contributed by atoms with van der Waals surface area (Å²) in [5, 5.41) is 17.0. The number of nitro groups is 1. The Morgan fingerprint density at radius 3 is 2.76 bits per heavy atom. The summed E-state index contributed by atoms with van der Waals surface area (Å²) in [6.07, 6.45) is 6.30. The summed E-state index contributed by atoms with van der Waals surface area (Å²) < 4.78 is 0. The molecule has 1 aliphatic rings. The molecule has 2 rings (SSSR count). The molecule has 0 bridgehead atoms. The molecule has 1 N–H and O–H groups in total. The van der Waals surface area contributed by atoms with Gasteiger partial charge in [-0.3, -0.25) is 20.0 Å². The predicted octanol–water partition coefficient (Wildman–Crippen LogP) is 2.75. The molecule has 1 aromatic heterocycles. The van der Waals surface area contributed by atoms with Crippen LogP contribution in [0.2, 0.25) is 0 Å². The van der Waals surface area contributed by atoms with E-state index in [4.69, 9.17) is 0 Å². The number of rotatable bonds is 4. The minimum Gasteiger partial charge on any atom is -0.337 e. The summed E-state index contributed by atoms with van der Waals surface area (Å²) in [5.41, 5.74) is 0.0385. The molecule has 1 saturated heterocycles. The lowest BCUT2D eigenvalue weighted by molar-refractivity contribution is -0.385. The van der Waals surface area contributed by atoms with Gasteiger partial charge in [0, 0.05) is 13.1 Å². The number of amides is 1. The minimum atomic E-state index is -0.572. The molecule has 1 aliphatic heterocycles. The van der Waals surface area contributed by atoms with Crippen LogP contribution in [0.4, 0.5) is 5.69 Å². The normalized spacial score (nSPS) is 18.3. The Hall–Kier alpha value is -1.92. The molecule has 0 saturated carbocycles. The highest BCUT2D eigenvalue weighted by molar-refractivity contribution is 5.96. The van der Waals surface area contributed by atoms with Crippen LogP contribution < -0.4 is 0 Å². The van der Waals surface area contributed by atoms with Crippen molar-refractivity contribution in [3.05, 3.63) is 22.0 Å². The Morgan fingerprint density at radius 2 is 2.14 bits per heavy atom. The van der Waals surface area contributed by atoms with Crippen molar-refractivity contribution in [2.24, 2.45) is 5.41 Å². The molecule has 1 fully saturated rings. The molecule has 7 heteroatoms. The van der Waals surface area contributed by atoms with Crippen LogP contribution in [0.3, 0.4) is 0 Å². The zero-order valence-electron chi connectivity index (χ0n) is 12.6. The number of aromatic nitrogens is 2. The van der Waals surface area contributed by atoms with E-state index in [1.54, 1.807) is 4.90 Å². The fraction of sp³-hybridized carbons (Fsp3) is 0.714. The molecule has 0 aliphatic carbocycles. The standard InChI is InChI=1S/C14H22N4O3/c1-3-14(4-2)6-5-8-17(9-7-14)13(19)12-11(18(20)21)10-15-16-12/h10H,3-9H2,1-2H3,(H,15,16). The highest BCUT2D eigenvalue weighted by atomic mass is 16.6. The first-order valence-electron chi connectivity index (χ1n) is 7.50. The van der Waals surface area contributed by atoms with Crippen LogP contribution in [-0.2, 0) is 0 Å². The number of carbonyl (C=O) groups excluding carboxylic acids is 1. The molecule has 0 aromatic carbocycles. The zero-order chi connectivity index (χ0) is 15.5. The van der Waals surface area contributed by atoms with Gasteiger partial charge in [-0.15, -0.1) is 0 Å². The number of aromatic amines is 1. The summed E-state index contributed by atoms with van der Waals surface area (Å²) in [5.74, 6) is -0.317. The molecular formula is C14H22N4O3. The fourth-order valence-corrected chi connectivity index (χ4v) is 3.15. The van der Waals surface area contributed by atoms with Gasteiger partial charge in [0.25, 0.3) is 5.91 Å². The predicted molar refractivity (Wildman–Crippen MR) is 78.0 cm³/mol. The van der Waals surface area contributed by atoms with Gasteiger partial charge in [0.2, 0.25) is 5.69 Å². The van der Waals surface area contributed by atoms with Gasteiger partial charge in [-0.2, -0.15) is 5.10 Å². The van der Waals surface area contributed by atoms with E-state index in [2.05, 4.69) is 24.0 Å². The van der Waals surface area contributed by atoms with E-state index in [9.17, 15) is 14.9 Å². The van der Waals surface area contributed by atoms with E-state index in [1.165, 1.54) is 0 Å². The lowest BCUT2D eigenvalue weighted by Gasteiger charge is -2.30. The van der Waals surface area contributed by atoms with E-state index in [-0.39, 0.29) is 17.3 Å². The third kappa shape index (κ3) is 3.06. The average molecular weight is 294 g/mol. The number of carbonyl (C=O) groups is 1. The maximum Gasteiger partial charge on any atom is 0.319 e. The third-order valence-electron chi connectivity index (χ3n) is 4.86. The molecule has 7 nitrogen and oxygen atoms in total. The average Bonchev–Trinajstić information content (AvgIpc) is 2.87. The van der Waals surface area contributed by atoms with Gasteiger partial charge in [-0.25, -0.2) is 0 Å². The third-order valence-corrected chi connectivity index (χ3v) is 4.86. The maximum absolute atomic E-state index is 12.5. The van der Waals surface area contributed by atoms with Gasteiger partial charge in [0.1, 0.15) is 6.20 Å². The number of nitrogens with zero attached hydrogens (tertiary/aromatic N) is 3. The molecule has 0 radical (unpaired) electrons. The van der Waals surface area contributed by atoms with E-state index >= 15 is 0 Å². The summed E-state index contributed by atoms with van der Waals surface area (Å²) in [4.78, 5) is 24.5. The van der Waals surface area contributed by atoms with E-state index in [0.717, 1.165) is 38.3 Å². The molecule has 0 unspecified atom stereocenters. The molecule has 1 aromatic rings. The van der Waals surface area contributed by atoms with Gasteiger partial charge in [0.05, 0.1) is 4.92 Å². The van der Waals surface area contributed by atoms with Crippen molar-refractivity contribution in [3.8, 4) is 0 Å². The highest BCUT2D eigenvalue weighted by Gasteiger charge is 2.33. The van der Waals surface area contributed by atoms with Crippen LogP contribution in [0.1, 0.15) is 56.4 Å². The van der Waals surface area contributed by atoms with Gasteiger partial charge < -0.3 is 4.90 Å². The first-order chi connectivity index (χ1) is 10.0. The van der Waals surface area contributed by atoms with Gasteiger partial charge >= 0.3 is 5.69 Å². The second-order valence-electron chi connectivity index (χ2n) is 5.74. The van der Waals surface area contributed by atoms with Crippen molar-refractivity contribution >= 4 is 11.6 Å². The first-order valence-corrected chi connectivity index (χ1v) is 7.50. The molecule has 1 amide bonds. The largest absolute Gasteiger partial charge is 0.337 e. The van der Waals surface area contributed by atoms with E-state index in [1.807, 2.05) is 0 Å². The zero-order valence-corrected chi connectivity index (χ0v) is 12.6. The van der Waals surface area contributed by atoms with Crippen molar-refractivity contribution in [2.75, 3.05) is 13.1 Å². The van der Waals surface area contributed by atoms with Crippen LogP contribution in [0.15, 0.2) is 6.20 Å². The van der Waals surface area contributed by atoms with Crippen LogP contribution in [0, 0.1) is 15.5 Å². The number of likely N-dealkylation sites (tertiary alicyclic amines) is 1. The Kier molecular flexibility index (Phi) is 4.59. The SMILES string of the molecule is CCC1(CC)CCCN(C(=O)c2[nH]ncc2[N+](=O)[O-])CC1. The van der Waals surface area contributed by atoms with Gasteiger partial charge in [-0.1, -0.05) is 26.7 Å². The summed E-state index contributed by atoms with van der Waals surface area (Å²) >= 11 is 0. The lowest BCUT2D eigenvalue weighted by Crippen LogP contribution is -2.33. The smallest absolute Gasteiger partial charge is 0.319 e. The summed E-state index contributed by atoms with van der Waals surface area (Å²) in [7, 11) is 0. The fourth-order valence-electron chi connectivity index (χ4n) is 3.15. The van der Waals surface area contributed by atoms with Crippen molar-refractivity contribution < 1.29 is 9.72 Å². The monoisotopic (exact) mass is 294 g/mol. The lowest BCUT2D eigenvalue weighted by atomic mass is 9.76. The minimum absolute atomic E-state index is 0.0134. The van der Waals surface area contributed by atoms with Crippen molar-refractivity contribution in [3.63, 3.8) is 0 Å². The number of nitrogens with one attached hydrogen (secondary N) is 1. The summed E-state index contributed by atoms with van der Waals surface area (Å²) in [6.45, 7) is 5.69. The van der Waals surface area contributed by atoms with Crippen LogP contribution in [0.25, 0.3) is 0 Å². The molecule has 2 heterocycles. The quantitative estimate of drug-likeness (QED) is 0.682. The first kappa shape index (κ1) is 15.5. The number of hydrogen-bond donors (Lipinski definition) is 1. The Balaban J connectivity index is 2.14. The second-order valence-corrected chi connectivity index (χ2v) is 5.74. The molecule has 116 valence electrons. The van der Waals surface area contributed by atoms with Crippen molar-refractivity contribution in [2.45, 2.75) is 46.0 Å². The Bertz CT molecular complexity index is 522. The molecule has 21 heavy (non-hydrogen) atoms.